The number of carbonyl (C=O) groups is 2. The number of benzene rings is 4. The molecular formula is C32H30O4. The molecule has 2 unspecified atom stereocenters. The third-order valence-electron chi connectivity index (χ3n) is 6.51. The van der Waals surface area contributed by atoms with Crippen LogP contribution in [0.5, 0.6) is 11.5 Å². The summed E-state index contributed by atoms with van der Waals surface area (Å²) in [5.74, 6) is 0.342. The minimum Gasteiger partial charge on any atom is -0.497 e. The van der Waals surface area contributed by atoms with Crippen LogP contribution in [-0.4, -0.2) is 25.8 Å². The Labute approximate surface area is 212 Å². The van der Waals surface area contributed by atoms with Gasteiger partial charge in [-0.05, 0) is 48.2 Å². The van der Waals surface area contributed by atoms with E-state index in [9.17, 15) is 9.59 Å². The molecule has 0 bridgehead atoms. The first-order chi connectivity index (χ1) is 17.6. The average Bonchev–Trinajstić information content (AvgIpc) is 2.95. The van der Waals surface area contributed by atoms with E-state index in [0.717, 1.165) is 22.6 Å². The van der Waals surface area contributed by atoms with Gasteiger partial charge in [-0.3, -0.25) is 9.59 Å². The van der Waals surface area contributed by atoms with Gasteiger partial charge in [0, 0.05) is 23.0 Å². The lowest BCUT2D eigenvalue weighted by Gasteiger charge is -2.26. The van der Waals surface area contributed by atoms with Gasteiger partial charge in [0.2, 0.25) is 0 Å². The molecule has 182 valence electrons. The van der Waals surface area contributed by atoms with Gasteiger partial charge in [-0.15, -0.1) is 0 Å². The first-order valence-corrected chi connectivity index (χ1v) is 12.0. The van der Waals surface area contributed by atoms with Crippen molar-refractivity contribution in [2.45, 2.75) is 12.8 Å². The summed E-state index contributed by atoms with van der Waals surface area (Å²) in [5.41, 5.74) is 3.17. The summed E-state index contributed by atoms with van der Waals surface area (Å²) in [5, 5.41) is 0. The van der Waals surface area contributed by atoms with Crippen LogP contribution in [0.1, 0.15) is 31.8 Å². The molecule has 36 heavy (non-hydrogen) atoms. The fourth-order valence-electron chi connectivity index (χ4n) is 4.50. The molecule has 0 aromatic heterocycles. The molecule has 0 heterocycles. The van der Waals surface area contributed by atoms with E-state index in [-0.39, 0.29) is 11.6 Å². The van der Waals surface area contributed by atoms with Crippen LogP contribution in [0.2, 0.25) is 0 Å². The molecule has 4 nitrogen and oxygen atoms in total. The van der Waals surface area contributed by atoms with E-state index < -0.39 is 11.8 Å². The van der Waals surface area contributed by atoms with Crippen molar-refractivity contribution in [3.63, 3.8) is 0 Å². The Morgan fingerprint density at radius 1 is 0.528 bits per heavy atom. The SMILES string of the molecule is COc1ccc(CC(C(=O)c2ccccc2)C(Cc2ccc(OC)cc2)C(=O)c2ccccc2)cc1. The van der Waals surface area contributed by atoms with Crippen molar-refractivity contribution < 1.29 is 19.1 Å². The quantitative estimate of drug-likeness (QED) is 0.231. The molecule has 0 fully saturated rings. The van der Waals surface area contributed by atoms with Crippen molar-refractivity contribution in [3.05, 3.63) is 131 Å². The van der Waals surface area contributed by atoms with E-state index in [1.54, 1.807) is 14.2 Å². The van der Waals surface area contributed by atoms with Gasteiger partial charge >= 0.3 is 0 Å². The lowest BCUT2D eigenvalue weighted by molar-refractivity contribution is 0.0763. The van der Waals surface area contributed by atoms with Crippen molar-refractivity contribution in [1.82, 2.24) is 0 Å². The zero-order valence-corrected chi connectivity index (χ0v) is 20.6. The van der Waals surface area contributed by atoms with Gasteiger partial charge in [0.25, 0.3) is 0 Å². The Morgan fingerprint density at radius 3 is 1.17 bits per heavy atom. The number of rotatable bonds is 11. The smallest absolute Gasteiger partial charge is 0.167 e. The molecule has 4 aromatic carbocycles. The zero-order chi connectivity index (χ0) is 25.3. The Balaban J connectivity index is 1.76. The molecule has 4 aromatic rings. The van der Waals surface area contributed by atoms with Crippen LogP contribution >= 0.6 is 0 Å². The van der Waals surface area contributed by atoms with Crippen LogP contribution in [0.4, 0.5) is 0 Å². The lowest BCUT2D eigenvalue weighted by Crippen LogP contribution is -2.33. The first-order valence-electron chi connectivity index (χ1n) is 12.0. The molecule has 0 aliphatic rings. The fourth-order valence-corrected chi connectivity index (χ4v) is 4.50. The van der Waals surface area contributed by atoms with E-state index in [4.69, 9.17) is 9.47 Å². The number of methoxy groups -OCH3 is 2. The number of Topliss-reactive ketones (excluding diaryl/α,β-unsaturated/α-hetero) is 2. The summed E-state index contributed by atoms with van der Waals surface area (Å²) < 4.78 is 10.6. The highest BCUT2D eigenvalue weighted by atomic mass is 16.5. The second-order valence-corrected chi connectivity index (χ2v) is 8.78. The van der Waals surface area contributed by atoms with Crippen LogP contribution in [0.3, 0.4) is 0 Å². The third kappa shape index (κ3) is 6.08. The highest BCUT2D eigenvalue weighted by Gasteiger charge is 2.35. The van der Waals surface area contributed by atoms with Gasteiger partial charge in [0.15, 0.2) is 11.6 Å². The number of ketones is 2. The minimum atomic E-state index is -0.546. The predicted molar refractivity (Wildman–Crippen MR) is 142 cm³/mol. The average molecular weight is 479 g/mol. The molecule has 0 aliphatic heterocycles. The predicted octanol–water partition coefficient (Wildman–Crippen LogP) is 6.49. The molecular weight excluding hydrogens is 448 g/mol. The maximum atomic E-state index is 13.9. The summed E-state index contributed by atoms with van der Waals surface area (Å²) in [4.78, 5) is 27.9. The van der Waals surface area contributed by atoms with Crippen molar-refractivity contribution in [2.75, 3.05) is 14.2 Å². The number of hydrogen-bond donors (Lipinski definition) is 0. The minimum absolute atomic E-state index is 0.0331. The van der Waals surface area contributed by atoms with Crippen molar-refractivity contribution in [3.8, 4) is 11.5 Å². The van der Waals surface area contributed by atoms with Gasteiger partial charge < -0.3 is 9.47 Å². The fraction of sp³-hybridized carbons (Fsp3) is 0.188. The summed E-state index contributed by atoms with van der Waals surface area (Å²) >= 11 is 0. The molecule has 0 spiro atoms. The summed E-state index contributed by atoms with van der Waals surface area (Å²) in [7, 11) is 3.25. The van der Waals surface area contributed by atoms with Gasteiger partial charge in [-0.2, -0.15) is 0 Å². The Morgan fingerprint density at radius 2 is 0.861 bits per heavy atom. The Kier molecular flexibility index (Phi) is 8.30. The maximum Gasteiger partial charge on any atom is 0.167 e. The highest BCUT2D eigenvalue weighted by molar-refractivity contribution is 6.05. The Bertz CT molecular complexity index is 1160. The summed E-state index contributed by atoms with van der Waals surface area (Å²) in [6.07, 6.45) is 0.883. The van der Waals surface area contributed by atoms with Crippen LogP contribution in [0, 0.1) is 11.8 Å². The van der Waals surface area contributed by atoms with Crippen molar-refractivity contribution in [1.29, 1.82) is 0 Å². The topological polar surface area (TPSA) is 52.6 Å². The van der Waals surface area contributed by atoms with E-state index in [1.807, 2.05) is 109 Å². The Hall–Kier alpha value is -4.18. The lowest BCUT2D eigenvalue weighted by atomic mass is 9.75. The van der Waals surface area contributed by atoms with Crippen LogP contribution in [-0.2, 0) is 12.8 Å². The number of hydrogen-bond acceptors (Lipinski definition) is 4. The zero-order valence-electron chi connectivity index (χ0n) is 20.6. The molecule has 4 rings (SSSR count). The largest absolute Gasteiger partial charge is 0.497 e. The molecule has 4 heteroatoms. The van der Waals surface area contributed by atoms with E-state index >= 15 is 0 Å². The van der Waals surface area contributed by atoms with Crippen LogP contribution in [0.25, 0.3) is 0 Å². The molecule has 0 saturated carbocycles. The van der Waals surface area contributed by atoms with E-state index in [0.29, 0.717) is 24.0 Å². The second-order valence-electron chi connectivity index (χ2n) is 8.78. The summed E-state index contributed by atoms with van der Waals surface area (Å²) in [6.45, 7) is 0. The summed E-state index contributed by atoms with van der Waals surface area (Å²) in [6, 6.07) is 33.9. The molecule has 0 aliphatic carbocycles. The number of carbonyl (C=O) groups excluding carboxylic acids is 2. The first kappa shape index (κ1) is 24.9. The standard InChI is InChI=1S/C32H30O4/c1-35-27-17-13-23(14-18-27)21-29(31(33)25-9-5-3-6-10-25)30(32(34)26-11-7-4-8-12-26)22-24-15-19-28(36-2)20-16-24/h3-20,29-30H,21-22H2,1-2H3. The van der Waals surface area contributed by atoms with E-state index in [1.165, 1.54) is 0 Å². The van der Waals surface area contributed by atoms with Crippen molar-refractivity contribution in [2.24, 2.45) is 11.8 Å². The van der Waals surface area contributed by atoms with Crippen LogP contribution < -0.4 is 9.47 Å². The van der Waals surface area contributed by atoms with Gasteiger partial charge in [0.1, 0.15) is 11.5 Å². The number of ether oxygens (including phenoxy) is 2. The van der Waals surface area contributed by atoms with Gasteiger partial charge in [-0.25, -0.2) is 0 Å². The van der Waals surface area contributed by atoms with E-state index in [2.05, 4.69) is 0 Å². The van der Waals surface area contributed by atoms with Gasteiger partial charge in [-0.1, -0.05) is 84.9 Å². The molecule has 0 N–H and O–H groups in total. The van der Waals surface area contributed by atoms with Crippen molar-refractivity contribution >= 4 is 11.6 Å². The second kappa shape index (κ2) is 12.0. The highest BCUT2D eigenvalue weighted by Crippen LogP contribution is 2.30. The third-order valence-corrected chi connectivity index (χ3v) is 6.51. The molecule has 2 atom stereocenters. The molecule has 0 saturated heterocycles. The van der Waals surface area contributed by atoms with Crippen LogP contribution in [0.15, 0.2) is 109 Å². The normalized spacial score (nSPS) is 12.4. The molecule has 0 radical (unpaired) electrons. The molecule has 0 amide bonds. The monoisotopic (exact) mass is 478 g/mol. The maximum absolute atomic E-state index is 13.9. The van der Waals surface area contributed by atoms with Gasteiger partial charge in [0.05, 0.1) is 14.2 Å².